The minimum Gasteiger partial charge on any atom is -0.370 e. The molecule has 78 valence electrons. The van der Waals surface area contributed by atoms with Crippen molar-refractivity contribution in [2.24, 2.45) is 0 Å². The molecule has 0 radical (unpaired) electrons. The van der Waals surface area contributed by atoms with Crippen molar-refractivity contribution in [2.45, 2.75) is 70.8 Å². The maximum atomic E-state index is 5.34. The van der Waals surface area contributed by atoms with E-state index < -0.39 is 0 Å². The van der Waals surface area contributed by atoms with E-state index in [0.717, 1.165) is 6.61 Å². The summed E-state index contributed by atoms with van der Waals surface area (Å²) in [7, 11) is 0. The highest BCUT2D eigenvalue weighted by atomic mass is 16.6. The first-order valence-corrected chi connectivity index (χ1v) is 5.91. The summed E-state index contributed by atoms with van der Waals surface area (Å²) >= 11 is 0. The number of rotatable bonds is 8. The van der Waals surface area contributed by atoms with Crippen LogP contribution >= 0.6 is 0 Å². The highest BCUT2D eigenvalue weighted by Crippen LogP contribution is 2.31. The smallest absolute Gasteiger partial charge is 0.0888 e. The van der Waals surface area contributed by atoms with Gasteiger partial charge in [-0.3, -0.25) is 0 Å². The third kappa shape index (κ3) is 5.30. The fourth-order valence-corrected chi connectivity index (χ4v) is 1.72. The summed E-state index contributed by atoms with van der Waals surface area (Å²) in [6, 6.07) is 0. The highest BCUT2D eigenvalue weighted by molar-refractivity contribution is 4.86. The van der Waals surface area contributed by atoms with Gasteiger partial charge in [0.05, 0.1) is 12.2 Å². The van der Waals surface area contributed by atoms with Crippen LogP contribution in [0.15, 0.2) is 0 Å². The van der Waals surface area contributed by atoms with Crippen LogP contribution in [0.3, 0.4) is 0 Å². The summed E-state index contributed by atoms with van der Waals surface area (Å²) < 4.78 is 5.34. The van der Waals surface area contributed by atoms with Gasteiger partial charge in [-0.25, -0.2) is 0 Å². The lowest BCUT2D eigenvalue weighted by molar-refractivity contribution is 0.301. The van der Waals surface area contributed by atoms with Crippen molar-refractivity contribution in [3.63, 3.8) is 0 Å². The van der Waals surface area contributed by atoms with Gasteiger partial charge in [-0.2, -0.15) is 0 Å². The molecular weight excluding hydrogens is 160 g/mol. The minimum atomic E-state index is 0.295. The van der Waals surface area contributed by atoms with E-state index in [9.17, 15) is 0 Å². The normalized spacial score (nSPS) is 26.3. The molecule has 1 fully saturated rings. The summed E-state index contributed by atoms with van der Waals surface area (Å²) in [6.07, 6.45) is 11.1. The maximum Gasteiger partial charge on any atom is 0.0888 e. The largest absolute Gasteiger partial charge is 0.370 e. The van der Waals surface area contributed by atoms with Crippen LogP contribution in [0.25, 0.3) is 0 Å². The molecule has 1 nitrogen and oxygen atoms in total. The van der Waals surface area contributed by atoms with Crippen LogP contribution in [-0.2, 0) is 4.74 Å². The third-order valence-electron chi connectivity index (χ3n) is 2.95. The highest BCUT2D eigenvalue weighted by Gasteiger charge is 2.37. The predicted octanol–water partition coefficient (Wildman–Crippen LogP) is 3.92. The number of ether oxygens (including phenoxy) is 1. The van der Waals surface area contributed by atoms with Gasteiger partial charge < -0.3 is 4.74 Å². The molecular formula is C12H24O. The van der Waals surface area contributed by atoms with Crippen LogP contribution in [0.5, 0.6) is 0 Å². The molecule has 0 unspecified atom stereocenters. The first-order valence-electron chi connectivity index (χ1n) is 5.91. The van der Waals surface area contributed by atoms with E-state index in [1.54, 1.807) is 0 Å². The van der Waals surface area contributed by atoms with Crippen LogP contribution in [0.1, 0.15) is 65.2 Å². The lowest BCUT2D eigenvalue weighted by Gasteiger charge is -2.04. The van der Waals surface area contributed by atoms with Gasteiger partial charge in [0.15, 0.2) is 0 Å². The minimum absolute atomic E-state index is 0.295. The van der Waals surface area contributed by atoms with Gasteiger partial charge in [0.1, 0.15) is 0 Å². The van der Waals surface area contributed by atoms with Gasteiger partial charge in [-0.1, -0.05) is 51.9 Å². The Kier molecular flexibility index (Phi) is 4.79. The third-order valence-corrected chi connectivity index (χ3v) is 2.95. The van der Waals surface area contributed by atoms with Gasteiger partial charge in [0.25, 0.3) is 0 Å². The Morgan fingerprint density at radius 2 is 1.54 bits per heavy atom. The van der Waals surface area contributed by atoms with E-state index in [1.807, 2.05) is 0 Å². The molecule has 1 rings (SSSR count). The van der Waals surface area contributed by atoms with E-state index in [2.05, 4.69) is 13.8 Å². The Morgan fingerprint density at radius 3 is 2.08 bits per heavy atom. The molecule has 0 aromatic rings. The van der Waals surface area contributed by atoms with Crippen molar-refractivity contribution in [1.82, 2.24) is 0 Å². The lowest BCUT2D eigenvalue weighted by atomic mass is 10.0. The second-order valence-corrected chi connectivity index (χ2v) is 4.61. The molecule has 1 saturated heterocycles. The Hall–Kier alpha value is -0.0400. The molecule has 0 aromatic heterocycles. The number of unbranched alkanes of at least 4 members (excludes halogenated alkanes) is 6. The number of epoxide rings is 1. The lowest BCUT2D eigenvalue weighted by Crippen LogP contribution is -2.02. The van der Waals surface area contributed by atoms with Crippen molar-refractivity contribution in [3.05, 3.63) is 0 Å². The summed E-state index contributed by atoms with van der Waals surface area (Å²) in [5.74, 6) is 0. The molecule has 0 aliphatic carbocycles. The zero-order valence-corrected chi connectivity index (χ0v) is 9.27. The van der Waals surface area contributed by atoms with Crippen molar-refractivity contribution in [2.75, 3.05) is 6.61 Å². The molecule has 1 heteroatoms. The SMILES string of the molecule is CCCCCCCCC[C@@]1(C)CO1. The molecule has 1 aliphatic rings. The van der Waals surface area contributed by atoms with Gasteiger partial charge in [0, 0.05) is 0 Å². The number of hydrogen-bond donors (Lipinski definition) is 0. The number of hydrogen-bond acceptors (Lipinski definition) is 1. The van der Waals surface area contributed by atoms with Crippen molar-refractivity contribution in [1.29, 1.82) is 0 Å². The molecule has 0 saturated carbocycles. The molecule has 1 atom stereocenters. The van der Waals surface area contributed by atoms with Crippen LogP contribution < -0.4 is 0 Å². The molecule has 0 amide bonds. The van der Waals surface area contributed by atoms with E-state index in [0.29, 0.717) is 5.60 Å². The Labute approximate surface area is 82.9 Å². The zero-order chi connectivity index (χ0) is 9.57. The van der Waals surface area contributed by atoms with Gasteiger partial charge in [-0.05, 0) is 13.3 Å². The molecule has 0 spiro atoms. The van der Waals surface area contributed by atoms with Crippen molar-refractivity contribution >= 4 is 0 Å². The molecule has 1 aliphatic heterocycles. The summed E-state index contributed by atoms with van der Waals surface area (Å²) in [5, 5.41) is 0. The average molecular weight is 184 g/mol. The molecule has 0 N–H and O–H groups in total. The first kappa shape index (κ1) is 11.0. The topological polar surface area (TPSA) is 12.5 Å². The Bertz CT molecular complexity index is 127. The summed E-state index contributed by atoms with van der Waals surface area (Å²) in [4.78, 5) is 0. The standard InChI is InChI=1S/C12H24O/c1-3-4-5-6-7-8-9-10-12(2)11-13-12/h3-11H2,1-2H3/t12-/m0/s1. The molecule has 13 heavy (non-hydrogen) atoms. The van der Waals surface area contributed by atoms with Gasteiger partial charge in [0.2, 0.25) is 0 Å². The van der Waals surface area contributed by atoms with Gasteiger partial charge >= 0.3 is 0 Å². The van der Waals surface area contributed by atoms with Crippen molar-refractivity contribution in [3.8, 4) is 0 Å². The fraction of sp³-hybridized carbons (Fsp3) is 1.00. The van der Waals surface area contributed by atoms with Crippen LogP contribution in [0, 0.1) is 0 Å². The van der Waals surface area contributed by atoms with Crippen molar-refractivity contribution < 1.29 is 4.74 Å². The Balaban J connectivity index is 1.74. The molecule has 1 heterocycles. The van der Waals surface area contributed by atoms with E-state index in [1.165, 1.54) is 51.4 Å². The quantitative estimate of drug-likeness (QED) is 0.411. The average Bonchev–Trinajstić information content (AvgIpc) is 2.83. The van der Waals surface area contributed by atoms with Crippen LogP contribution in [0.2, 0.25) is 0 Å². The van der Waals surface area contributed by atoms with Crippen LogP contribution in [-0.4, -0.2) is 12.2 Å². The molecule has 0 aromatic carbocycles. The summed E-state index contributed by atoms with van der Waals surface area (Å²) in [5.41, 5.74) is 0.295. The first-order chi connectivity index (χ1) is 6.27. The monoisotopic (exact) mass is 184 g/mol. The Morgan fingerprint density at radius 1 is 1.00 bits per heavy atom. The van der Waals surface area contributed by atoms with Gasteiger partial charge in [-0.15, -0.1) is 0 Å². The predicted molar refractivity (Wildman–Crippen MR) is 57.0 cm³/mol. The summed E-state index contributed by atoms with van der Waals surface area (Å²) in [6.45, 7) is 5.50. The second kappa shape index (κ2) is 5.64. The maximum absolute atomic E-state index is 5.34. The van der Waals surface area contributed by atoms with E-state index >= 15 is 0 Å². The second-order valence-electron chi connectivity index (χ2n) is 4.61. The van der Waals surface area contributed by atoms with E-state index in [-0.39, 0.29) is 0 Å². The fourth-order valence-electron chi connectivity index (χ4n) is 1.72. The zero-order valence-electron chi connectivity index (χ0n) is 9.27. The van der Waals surface area contributed by atoms with Crippen LogP contribution in [0.4, 0.5) is 0 Å². The van der Waals surface area contributed by atoms with E-state index in [4.69, 9.17) is 4.74 Å². The molecule has 0 bridgehead atoms.